The largest absolute Gasteiger partial charge is 0.497 e. The molecular weight excluding hydrogens is 422 g/mol. The molecular formula is C18H29Br2NO2. The highest BCUT2D eigenvalue weighted by atomic mass is 79.9. The third kappa shape index (κ3) is 3.10. The van der Waals surface area contributed by atoms with Crippen LogP contribution >= 0.6 is 34.0 Å². The van der Waals surface area contributed by atoms with Crippen molar-refractivity contribution in [1.29, 1.82) is 0 Å². The van der Waals surface area contributed by atoms with Crippen LogP contribution in [0.4, 0.5) is 0 Å². The number of likely N-dealkylation sites (tertiary alicyclic amines) is 1. The van der Waals surface area contributed by atoms with E-state index in [9.17, 15) is 0 Å². The molecule has 132 valence electrons. The molecule has 0 spiro atoms. The van der Waals surface area contributed by atoms with Crippen molar-refractivity contribution in [1.82, 2.24) is 4.90 Å². The molecule has 0 unspecified atom stereocenters. The number of hydrogen-bond acceptors (Lipinski definition) is 2. The zero-order valence-corrected chi connectivity index (χ0v) is 17.4. The first-order chi connectivity index (χ1) is 9.74. The van der Waals surface area contributed by atoms with E-state index in [4.69, 9.17) is 4.74 Å². The summed E-state index contributed by atoms with van der Waals surface area (Å²) in [7, 11) is 4.12. The topological polar surface area (TPSA) is 44.0 Å². The van der Waals surface area contributed by atoms with Gasteiger partial charge in [0.15, 0.2) is 0 Å². The molecule has 2 bridgehead atoms. The van der Waals surface area contributed by atoms with Crippen LogP contribution in [0.15, 0.2) is 18.2 Å². The van der Waals surface area contributed by atoms with Gasteiger partial charge in [0.25, 0.3) is 0 Å². The Balaban J connectivity index is 0.000000882. The minimum Gasteiger partial charge on any atom is -0.497 e. The van der Waals surface area contributed by atoms with E-state index in [0.29, 0.717) is 5.41 Å². The van der Waals surface area contributed by atoms with Crippen LogP contribution < -0.4 is 4.74 Å². The summed E-state index contributed by atoms with van der Waals surface area (Å²) in [5.74, 6) is 1.91. The van der Waals surface area contributed by atoms with Crippen LogP contribution in [0.3, 0.4) is 0 Å². The summed E-state index contributed by atoms with van der Waals surface area (Å²) in [6.07, 6.45) is 8.22. The van der Waals surface area contributed by atoms with Gasteiger partial charge in [-0.05, 0) is 68.5 Å². The molecule has 23 heavy (non-hydrogen) atoms. The molecule has 2 aliphatic carbocycles. The maximum atomic E-state index is 5.51. The summed E-state index contributed by atoms with van der Waals surface area (Å²) < 4.78 is 5.51. The lowest BCUT2D eigenvalue weighted by Crippen LogP contribution is -2.59. The normalized spacial score (nSPS) is 31.4. The Hall–Kier alpha value is -0.100. The Labute approximate surface area is 160 Å². The number of fused-ring (bicyclic) bond motifs is 1. The molecule has 1 aromatic carbocycles. The molecule has 2 N–H and O–H groups in total. The number of nitrogens with zero attached hydrogens (tertiary/aromatic N) is 1. The van der Waals surface area contributed by atoms with Gasteiger partial charge in [-0.1, -0.05) is 18.9 Å². The average molecular weight is 451 g/mol. The predicted octanol–water partition coefficient (Wildman–Crippen LogP) is 3.71. The summed E-state index contributed by atoms with van der Waals surface area (Å²) in [6, 6.07) is 7.60. The lowest BCUT2D eigenvalue weighted by Gasteiger charge is -2.58. The number of halogens is 2. The van der Waals surface area contributed by atoms with Crippen LogP contribution in [0.1, 0.15) is 43.2 Å². The summed E-state index contributed by atoms with van der Waals surface area (Å²) in [6.45, 7) is 1.26. The van der Waals surface area contributed by atoms with Gasteiger partial charge in [-0.15, -0.1) is 34.0 Å². The monoisotopic (exact) mass is 449 g/mol. The second-order valence-corrected chi connectivity index (χ2v) is 7.03. The zero-order chi connectivity index (χ0) is 13.7. The van der Waals surface area contributed by atoms with Gasteiger partial charge in [-0.3, -0.25) is 0 Å². The number of rotatable bonds is 1. The van der Waals surface area contributed by atoms with E-state index in [1.54, 1.807) is 18.2 Å². The molecule has 3 nitrogen and oxygen atoms in total. The highest BCUT2D eigenvalue weighted by Gasteiger charge is 2.53. The van der Waals surface area contributed by atoms with E-state index >= 15 is 0 Å². The Morgan fingerprint density at radius 1 is 1.17 bits per heavy atom. The molecule has 0 radical (unpaired) electrons. The molecule has 5 heteroatoms. The van der Waals surface area contributed by atoms with Crippen molar-refractivity contribution in [2.75, 3.05) is 20.7 Å². The second kappa shape index (κ2) is 7.85. The van der Waals surface area contributed by atoms with Crippen LogP contribution in [0, 0.1) is 5.92 Å². The van der Waals surface area contributed by atoms with Crippen LogP contribution in [0.5, 0.6) is 5.75 Å². The van der Waals surface area contributed by atoms with Crippen LogP contribution in [-0.4, -0.2) is 37.1 Å². The van der Waals surface area contributed by atoms with Gasteiger partial charge < -0.3 is 15.1 Å². The molecule has 3 atom stereocenters. The molecule has 1 saturated carbocycles. The Morgan fingerprint density at radius 3 is 2.70 bits per heavy atom. The van der Waals surface area contributed by atoms with Crippen molar-refractivity contribution in [3.05, 3.63) is 29.3 Å². The van der Waals surface area contributed by atoms with Crippen LogP contribution in [0.2, 0.25) is 0 Å². The van der Waals surface area contributed by atoms with E-state index in [-0.39, 0.29) is 39.4 Å². The predicted molar refractivity (Wildman–Crippen MR) is 106 cm³/mol. The van der Waals surface area contributed by atoms with Gasteiger partial charge in [0.05, 0.1) is 7.11 Å². The SMILES string of the molecule is Br.Br.COc1ccc2c(c1)[C@]13CCCC[C@@H]1[C@H](C2)N(C)CC3.O. The van der Waals surface area contributed by atoms with Crippen LogP contribution in [0.25, 0.3) is 0 Å². The lowest BCUT2D eigenvalue weighted by molar-refractivity contribution is 0.00274. The Morgan fingerprint density at radius 2 is 1.96 bits per heavy atom. The van der Waals surface area contributed by atoms with Gasteiger partial charge in [0.1, 0.15) is 5.75 Å². The third-order valence-corrected chi connectivity index (χ3v) is 6.32. The van der Waals surface area contributed by atoms with E-state index in [1.165, 1.54) is 45.1 Å². The second-order valence-electron chi connectivity index (χ2n) is 7.03. The molecule has 1 saturated heterocycles. The van der Waals surface area contributed by atoms with E-state index in [2.05, 4.69) is 30.1 Å². The smallest absolute Gasteiger partial charge is 0.119 e. The zero-order valence-electron chi connectivity index (χ0n) is 14.0. The molecule has 0 amide bonds. The molecule has 1 heterocycles. The van der Waals surface area contributed by atoms with Gasteiger partial charge >= 0.3 is 0 Å². The molecule has 1 aromatic rings. The van der Waals surface area contributed by atoms with Crippen molar-refractivity contribution >= 4 is 34.0 Å². The van der Waals surface area contributed by atoms with Gasteiger partial charge in [0.2, 0.25) is 0 Å². The minimum atomic E-state index is 0. The first kappa shape index (κ1) is 20.9. The van der Waals surface area contributed by atoms with Gasteiger partial charge in [-0.25, -0.2) is 0 Å². The van der Waals surface area contributed by atoms with Crippen LogP contribution in [-0.2, 0) is 11.8 Å². The van der Waals surface area contributed by atoms with Gasteiger partial charge in [-0.2, -0.15) is 0 Å². The molecule has 1 aliphatic heterocycles. The molecule has 3 aliphatic rings. The molecule has 0 aromatic heterocycles. The number of ether oxygens (including phenoxy) is 1. The molecule has 4 rings (SSSR count). The fourth-order valence-corrected chi connectivity index (χ4v) is 5.30. The molecule has 2 fully saturated rings. The number of methoxy groups -OCH3 is 1. The van der Waals surface area contributed by atoms with E-state index in [0.717, 1.165) is 17.7 Å². The fourth-order valence-electron chi connectivity index (χ4n) is 5.30. The van der Waals surface area contributed by atoms with Crippen molar-refractivity contribution in [3.8, 4) is 5.75 Å². The van der Waals surface area contributed by atoms with Gasteiger partial charge in [0, 0.05) is 11.5 Å². The Kier molecular flexibility index (Phi) is 7.15. The summed E-state index contributed by atoms with van der Waals surface area (Å²) in [5.41, 5.74) is 3.67. The van der Waals surface area contributed by atoms with Crippen molar-refractivity contribution in [2.24, 2.45) is 5.92 Å². The first-order valence-electron chi connectivity index (χ1n) is 8.12. The standard InChI is InChI=1S/C18H25NO.2BrH.H2O/c1-19-10-9-18-8-4-3-5-15(18)17(19)11-13-6-7-14(20-2)12-16(13)18;;;/h6-7,12,15,17H,3-5,8-11H2,1-2H3;2*1H;1H2/t15-,17+,18+;;;/m1.../s1. The summed E-state index contributed by atoms with van der Waals surface area (Å²) in [4.78, 5) is 2.63. The number of hydrogen-bond donors (Lipinski definition) is 0. The summed E-state index contributed by atoms with van der Waals surface area (Å²) >= 11 is 0. The highest BCUT2D eigenvalue weighted by molar-refractivity contribution is 8.93. The van der Waals surface area contributed by atoms with Crippen molar-refractivity contribution < 1.29 is 10.2 Å². The maximum Gasteiger partial charge on any atom is 0.119 e. The maximum absolute atomic E-state index is 5.51. The lowest BCUT2D eigenvalue weighted by atomic mass is 9.52. The highest BCUT2D eigenvalue weighted by Crippen LogP contribution is 2.55. The quantitative estimate of drug-likeness (QED) is 0.654. The minimum absolute atomic E-state index is 0. The van der Waals surface area contributed by atoms with E-state index in [1.807, 2.05) is 0 Å². The third-order valence-electron chi connectivity index (χ3n) is 6.32. The van der Waals surface area contributed by atoms with Crippen molar-refractivity contribution in [3.63, 3.8) is 0 Å². The number of piperidine rings is 1. The Bertz CT molecular complexity index is 540. The average Bonchev–Trinajstić information content (AvgIpc) is 2.50. The van der Waals surface area contributed by atoms with E-state index < -0.39 is 0 Å². The van der Waals surface area contributed by atoms with Crippen molar-refractivity contribution in [2.45, 2.75) is 50.0 Å². The number of benzene rings is 1. The fraction of sp³-hybridized carbons (Fsp3) is 0.667. The first-order valence-corrected chi connectivity index (χ1v) is 8.12. The summed E-state index contributed by atoms with van der Waals surface area (Å²) in [5, 5.41) is 0. The number of likely N-dealkylation sites (N-methyl/N-ethyl adjacent to an activating group) is 1.